The summed E-state index contributed by atoms with van der Waals surface area (Å²) in [6.07, 6.45) is 2.59. The van der Waals surface area contributed by atoms with Gasteiger partial charge in [-0.3, -0.25) is 4.79 Å². The van der Waals surface area contributed by atoms with Crippen molar-refractivity contribution in [2.75, 3.05) is 13.1 Å². The van der Waals surface area contributed by atoms with Gasteiger partial charge in [0.15, 0.2) is 6.10 Å². The Morgan fingerprint density at radius 3 is 3.11 bits per heavy atom. The van der Waals surface area contributed by atoms with E-state index in [1.54, 1.807) is 0 Å². The first-order valence-electron chi connectivity index (χ1n) is 6.94. The molecule has 102 valence electrons. The summed E-state index contributed by atoms with van der Waals surface area (Å²) in [7, 11) is 0. The van der Waals surface area contributed by atoms with Crippen LogP contribution in [0.2, 0.25) is 0 Å². The fraction of sp³-hybridized carbons (Fsp3) is 0.533. The van der Waals surface area contributed by atoms with Crippen LogP contribution in [-0.4, -0.2) is 30.6 Å². The summed E-state index contributed by atoms with van der Waals surface area (Å²) in [5.41, 5.74) is 1.16. The maximum Gasteiger partial charge on any atom is 0.261 e. The second kappa shape index (κ2) is 4.85. The van der Waals surface area contributed by atoms with Crippen LogP contribution in [0.3, 0.4) is 0 Å². The summed E-state index contributed by atoms with van der Waals surface area (Å²) >= 11 is 0. The van der Waals surface area contributed by atoms with Crippen molar-refractivity contribution in [2.24, 2.45) is 0 Å². The molecule has 1 aromatic rings. The highest BCUT2D eigenvalue weighted by molar-refractivity contribution is 5.82. The predicted octanol–water partition coefficient (Wildman–Crippen LogP) is 1.25. The second-order valence-corrected chi connectivity index (χ2v) is 5.73. The van der Waals surface area contributed by atoms with Crippen molar-refractivity contribution >= 4 is 5.91 Å². The van der Waals surface area contributed by atoms with Gasteiger partial charge < -0.3 is 15.4 Å². The third-order valence-electron chi connectivity index (χ3n) is 4.05. The molecule has 1 fully saturated rings. The Bertz CT molecular complexity index is 456. The number of ether oxygens (including phenoxy) is 1. The van der Waals surface area contributed by atoms with Crippen LogP contribution in [0.15, 0.2) is 24.3 Å². The largest absolute Gasteiger partial charge is 0.480 e. The van der Waals surface area contributed by atoms with Crippen molar-refractivity contribution in [3.63, 3.8) is 0 Å². The first kappa shape index (κ1) is 12.5. The molecule has 4 nitrogen and oxygen atoms in total. The number of nitrogens with one attached hydrogen (secondary N) is 2. The fourth-order valence-corrected chi connectivity index (χ4v) is 2.83. The summed E-state index contributed by atoms with van der Waals surface area (Å²) in [4.78, 5) is 12.1. The van der Waals surface area contributed by atoms with E-state index in [0.717, 1.165) is 24.3 Å². The molecule has 1 amide bonds. The SMILES string of the molecule is CC1(CNC(=O)C2Cc3ccccc3O2)CCCN1. The number of para-hydroxylation sites is 1. The molecule has 0 spiro atoms. The Hall–Kier alpha value is -1.55. The Morgan fingerprint density at radius 1 is 1.53 bits per heavy atom. The van der Waals surface area contributed by atoms with Crippen molar-refractivity contribution in [2.45, 2.75) is 37.8 Å². The molecule has 2 aliphatic heterocycles. The monoisotopic (exact) mass is 260 g/mol. The maximum atomic E-state index is 12.1. The van der Waals surface area contributed by atoms with Crippen LogP contribution in [0.4, 0.5) is 0 Å². The average molecular weight is 260 g/mol. The highest BCUT2D eigenvalue weighted by atomic mass is 16.5. The van der Waals surface area contributed by atoms with Crippen LogP contribution < -0.4 is 15.4 Å². The van der Waals surface area contributed by atoms with E-state index < -0.39 is 0 Å². The van der Waals surface area contributed by atoms with Crippen LogP contribution in [0.1, 0.15) is 25.3 Å². The lowest BCUT2D eigenvalue weighted by Gasteiger charge is -2.25. The highest BCUT2D eigenvalue weighted by Crippen LogP contribution is 2.28. The standard InChI is InChI=1S/C15H20N2O2/c1-15(7-4-8-17-15)10-16-14(18)13-9-11-5-2-3-6-12(11)19-13/h2-3,5-6,13,17H,4,7-10H2,1H3,(H,16,18). The van der Waals surface area contributed by atoms with Gasteiger partial charge in [0.05, 0.1) is 0 Å². The van der Waals surface area contributed by atoms with Gasteiger partial charge in [0.25, 0.3) is 5.91 Å². The first-order valence-corrected chi connectivity index (χ1v) is 6.94. The van der Waals surface area contributed by atoms with E-state index in [0.29, 0.717) is 13.0 Å². The molecule has 1 aromatic carbocycles. The quantitative estimate of drug-likeness (QED) is 0.860. The molecule has 19 heavy (non-hydrogen) atoms. The van der Waals surface area contributed by atoms with Gasteiger partial charge in [-0.25, -0.2) is 0 Å². The van der Waals surface area contributed by atoms with E-state index in [-0.39, 0.29) is 17.6 Å². The van der Waals surface area contributed by atoms with Crippen molar-refractivity contribution in [1.82, 2.24) is 10.6 Å². The van der Waals surface area contributed by atoms with Gasteiger partial charge in [0.1, 0.15) is 5.75 Å². The van der Waals surface area contributed by atoms with Gasteiger partial charge in [-0.05, 0) is 37.9 Å². The zero-order chi connectivity index (χ0) is 13.3. The Labute approximate surface area is 113 Å². The van der Waals surface area contributed by atoms with Gasteiger partial charge in [-0.2, -0.15) is 0 Å². The zero-order valence-corrected chi connectivity index (χ0v) is 11.2. The van der Waals surface area contributed by atoms with Crippen molar-refractivity contribution < 1.29 is 9.53 Å². The minimum Gasteiger partial charge on any atom is -0.480 e. The fourth-order valence-electron chi connectivity index (χ4n) is 2.83. The molecule has 2 aliphatic rings. The maximum absolute atomic E-state index is 12.1. The topological polar surface area (TPSA) is 50.4 Å². The lowest BCUT2D eigenvalue weighted by Crippen LogP contribution is -2.50. The van der Waals surface area contributed by atoms with E-state index in [2.05, 4.69) is 17.6 Å². The van der Waals surface area contributed by atoms with Crippen molar-refractivity contribution in [3.8, 4) is 5.75 Å². The summed E-state index contributed by atoms with van der Waals surface area (Å²) in [5.74, 6) is 0.832. The Balaban J connectivity index is 1.55. The van der Waals surface area contributed by atoms with Gasteiger partial charge >= 0.3 is 0 Å². The number of hydrogen-bond donors (Lipinski definition) is 2. The van der Waals surface area contributed by atoms with E-state index in [4.69, 9.17) is 4.74 Å². The van der Waals surface area contributed by atoms with Crippen LogP contribution >= 0.6 is 0 Å². The third-order valence-corrected chi connectivity index (χ3v) is 4.05. The molecule has 4 heteroatoms. The second-order valence-electron chi connectivity index (χ2n) is 5.73. The molecule has 1 saturated heterocycles. The molecule has 0 aromatic heterocycles. The number of amides is 1. The number of rotatable bonds is 3. The number of hydrogen-bond acceptors (Lipinski definition) is 3. The normalized spacial score (nSPS) is 28.8. The van der Waals surface area contributed by atoms with E-state index in [1.807, 2.05) is 24.3 Å². The van der Waals surface area contributed by atoms with Crippen LogP contribution in [0.5, 0.6) is 5.75 Å². The van der Waals surface area contributed by atoms with Gasteiger partial charge in [-0.15, -0.1) is 0 Å². The molecular formula is C15H20N2O2. The highest BCUT2D eigenvalue weighted by Gasteiger charge is 2.32. The molecule has 2 heterocycles. The number of carbonyl (C=O) groups excluding carboxylic acids is 1. The zero-order valence-electron chi connectivity index (χ0n) is 11.2. The molecule has 0 bridgehead atoms. The molecule has 2 N–H and O–H groups in total. The van der Waals surface area contributed by atoms with Crippen LogP contribution in [0, 0.1) is 0 Å². The summed E-state index contributed by atoms with van der Waals surface area (Å²) in [5, 5.41) is 6.46. The van der Waals surface area contributed by atoms with Gasteiger partial charge in [0.2, 0.25) is 0 Å². The summed E-state index contributed by atoms with van der Waals surface area (Å²) in [6.45, 7) is 3.87. The molecule has 0 saturated carbocycles. The number of fused-ring (bicyclic) bond motifs is 1. The van der Waals surface area contributed by atoms with Gasteiger partial charge in [-0.1, -0.05) is 18.2 Å². The number of benzene rings is 1. The molecule has 3 rings (SSSR count). The number of carbonyl (C=O) groups is 1. The van der Waals surface area contributed by atoms with E-state index in [1.165, 1.54) is 6.42 Å². The minimum absolute atomic E-state index is 0.00822. The average Bonchev–Trinajstić information content (AvgIpc) is 3.02. The molecule has 0 aliphatic carbocycles. The predicted molar refractivity (Wildman–Crippen MR) is 73.2 cm³/mol. The van der Waals surface area contributed by atoms with E-state index in [9.17, 15) is 4.79 Å². The Morgan fingerprint density at radius 2 is 2.37 bits per heavy atom. The summed E-state index contributed by atoms with van der Waals surface area (Å²) in [6, 6.07) is 7.85. The van der Waals surface area contributed by atoms with Crippen molar-refractivity contribution in [1.29, 1.82) is 0 Å². The summed E-state index contributed by atoms with van der Waals surface area (Å²) < 4.78 is 5.68. The third kappa shape index (κ3) is 2.59. The molecular weight excluding hydrogens is 240 g/mol. The minimum atomic E-state index is -0.373. The first-order chi connectivity index (χ1) is 9.16. The van der Waals surface area contributed by atoms with Crippen LogP contribution in [0.25, 0.3) is 0 Å². The smallest absolute Gasteiger partial charge is 0.261 e. The lowest BCUT2D eigenvalue weighted by molar-refractivity contribution is -0.127. The van der Waals surface area contributed by atoms with E-state index >= 15 is 0 Å². The van der Waals surface area contributed by atoms with Crippen LogP contribution in [-0.2, 0) is 11.2 Å². The lowest BCUT2D eigenvalue weighted by atomic mass is 10.0. The Kier molecular flexibility index (Phi) is 3.19. The van der Waals surface area contributed by atoms with Crippen molar-refractivity contribution in [3.05, 3.63) is 29.8 Å². The molecule has 2 atom stereocenters. The molecule has 2 unspecified atom stereocenters. The van der Waals surface area contributed by atoms with Gasteiger partial charge in [0, 0.05) is 18.5 Å². The molecule has 0 radical (unpaired) electrons.